The van der Waals surface area contributed by atoms with Gasteiger partial charge in [-0.1, -0.05) is 11.6 Å². The van der Waals surface area contributed by atoms with Gasteiger partial charge in [0.1, 0.15) is 29.8 Å². The first-order valence-corrected chi connectivity index (χ1v) is 16.3. The largest absolute Gasteiger partial charge is 0.461 e. The number of piperidine rings is 1. The normalized spacial score (nSPS) is 27.5. The molecule has 3 aromatic heterocycles. The van der Waals surface area contributed by atoms with E-state index in [0.717, 1.165) is 37.8 Å². The fraction of sp³-hybridized carbons (Fsp3) is 0.562. The van der Waals surface area contributed by atoms with E-state index in [1.165, 1.54) is 0 Å². The minimum atomic E-state index is -0.902. The number of hydrogen-bond donors (Lipinski definition) is 2. The molecule has 0 saturated carbocycles. The molecule has 13 heteroatoms. The summed E-state index contributed by atoms with van der Waals surface area (Å²) in [5.41, 5.74) is 1.83. The van der Waals surface area contributed by atoms with Crippen LogP contribution >= 0.6 is 11.6 Å². The zero-order valence-electron chi connectivity index (χ0n) is 24.9. The lowest BCUT2D eigenvalue weighted by molar-refractivity contribution is 0.0564. The fourth-order valence-electron chi connectivity index (χ4n) is 7.99. The molecule has 0 spiro atoms. The number of halogens is 3. The van der Waals surface area contributed by atoms with Gasteiger partial charge in [0.05, 0.1) is 35.3 Å². The molecule has 6 bridgehead atoms. The summed E-state index contributed by atoms with van der Waals surface area (Å²) in [5.74, 6) is -0.107. The predicted molar refractivity (Wildman–Crippen MR) is 166 cm³/mol. The average Bonchev–Trinajstić information content (AvgIpc) is 3.71. The van der Waals surface area contributed by atoms with Crippen LogP contribution in [-0.4, -0.2) is 99.0 Å². The van der Waals surface area contributed by atoms with E-state index >= 15 is 4.39 Å². The van der Waals surface area contributed by atoms with Gasteiger partial charge < -0.3 is 19.5 Å². The van der Waals surface area contributed by atoms with Gasteiger partial charge >= 0.3 is 6.01 Å². The minimum Gasteiger partial charge on any atom is -0.461 e. The van der Waals surface area contributed by atoms with Crippen molar-refractivity contribution < 1.29 is 23.4 Å². The number of nitrogens with one attached hydrogen (secondary N) is 1. The summed E-state index contributed by atoms with van der Waals surface area (Å²) in [5, 5.41) is 19.7. The number of ether oxygens (including phenoxy) is 2. The zero-order chi connectivity index (χ0) is 30.7. The number of hydrogen-bond acceptors (Lipinski definition) is 9. The molecule has 5 aliphatic heterocycles. The van der Waals surface area contributed by atoms with E-state index in [0.29, 0.717) is 84.8 Å². The second-order valence-corrected chi connectivity index (χ2v) is 13.5. The number of fused-ring (bicyclic) bond motifs is 8. The smallest absolute Gasteiger partial charge is 0.319 e. The lowest BCUT2D eigenvalue weighted by Crippen LogP contribution is -2.45. The first-order chi connectivity index (χ1) is 21.9. The Kier molecular flexibility index (Phi) is 7.51. The molecule has 0 aliphatic carbocycles. The highest BCUT2D eigenvalue weighted by molar-refractivity contribution is 6.33. The minimum absolute atomic E-state index is 0.0193. The summed E-state index contributed by atoms with van der Waals surface area (Å²) in [4.78, 5) is 18.2. The topological polar surface area (TPSA) is 113 Å². The lowest BCUT2D eigenvalue weighted by atomic mass is 9.94. The van der Waals surface area contributed by atoms with Gasteiger partial charge in [0.25, 0.3) is 0 Å². The summed E-state index contributed by atoms with van der Waals surface area (Å²) < 4.78 is 43.8. The predicted octanol–water partition coefficient (Wildman–Crippen LogP) is 4.86. The number of aliphatic hydroxyl groups is 1. The molecule has 238 valence electrons. The second kappa shape index (κ2) is 11.6. The van der Waals surface area contributed by atoms with Gasteiger partial charge in [-0.05, 0) is 56.7 Å². The quantitative estimate of drug-likeness (QED) is 0.325. The van der Waals surface area contributed by atoms with Crippen LogP contribution in [0.25, 0.3) is 33.1 Å². The Bertz CT molecular complexity index is 1760. The van der Waals surface area contributed by atoms with Crippen LogP contribution in [0.3, 0.4) is 0 Å². The van der Waals surface area contributed by atoms with Crippen molar-refractivity contribution in [2.24, 2.45) is 5.92 Å². The molecular weight excluding hydrogens is 604 g/mol. The summed E-state index contributed by atoms with van der Waals surface area (Å²) in [6.45, 7) is 3.40. The summed E-state index contributed by atoms with van der Waals surface area (Å²) in [6.07, 6.45) is 6.75. The number of aromatic amines is 1. The highest BCUT2D eigenvalue weighted by Crippen LogP contribution is 2.42. The van der Waals surface area contributed by atoms with Gasteiger partial charge in [0.15, 0.2) is 5.82 Å². The Morgan fingerprint density at radius 3 is 2.98 bits per heavy atom. The van der Waals surface area contributed by atoms with Crippen LogP contribution in [0.4, 0.5) is 14.6 Å². The van der Waals surface area contributed by atoms with Crippen molar-refractivity contribution in [2.45, 2.75) is 62.8 Å². The van der Waals surface area contributed by atoms with Crippen molar-refractivity contribution in [3.05, 3.63) is 34.9 Å². The van der Waals surface area contributed by atoms with Crippen molar-refractivity contribution in [2.75, 3.05) is 50.9 Å². The molecule has 5 aliphatic rings. The van der Waals surface area contributed by atoms with E-state index in [2.05, 4.69) is 25.1 Å². The van der Waals surface area contributed by atoms with Gasteiger partial charge in [-0.15, -0.1) is 0 Å². The Hall–Kier alpha value is -3.19. The average molecular weight is 640 g/mol. The van der Waals surface area contributed by atoms with Crippen molar-refractivity contribution in [1.29, 1.82) is 0 Å². The van der Waals surface area contributed by atoms with Gasteiger partial charge in [-0.3, -0.25) is 15.0 Å². The molecule has 2 N–H and O–H groups in total. The molecule has 9 rings (SSSR count). The molecule has 4 atom stereocenters. The molecule has 8 heterocycles. The number of alkyl halides is 1. The molecule has 10 nitrogen and oxygen atoms in total. The van der Waals surface area contributed by atoms with Gasteiger partial charge in [0, 0.05) is 60.7 Å². The van der Waals surface area contributed by atoms with E-state index in [-0.39, 0.29) is 29.7 Å². The molecule has 3 saturated heterocycles. The van der Waals surface area contributed by atoms with Crippen LogP contribution in [0.2, 0.25) is 5.02 Å². The van der Waals surface area contributed by atoms with E-state index < -0.39 is 23.6 Å². The molecule has 0 amide bonds. The van der Waals surface area contributed by atoms with E-state index in [9.17, 15) is 9.50 Å². The zero-order valence-corrected chi connectivity index (χ0v) is 25.7. The third kappa shape index (κ3) is 5.19. The standard InChI is InChI=1S/C32H36ClF2N7O3/c33-24-9-25-22(12-37-40-25)26-21(24)4-1-2-7-44-16-18-8-20(43)15-41(13-18)30-23-11-36-29(26)27(35)28(23)38-31(39-30)45-17-32-5-3-6-42(32)14-19(34)10-32/h9,11-12,18-20,43H,1-8,10,13-17H2,(H,37,40)/t18-,19+,20+,32-/m0/s1. The van der Waals surface area contributed by atoms with Crippen LogP contribution in [0, 0.1) is 11.7 Å². The molecule has 0 radical (unpaired) electrons. The number of H-pyrrole nitrogens is 1. The first kappa shape index (κ1) is 29.2. The summed E-state index contributed by atoms with van der Waals surface area (Å²) >= 11 is 6.81. The first-order valence-electron chi connectivity index (χ1n) is 15.9. The van der Waals surface area contributed by atoms with Gasteiger partial charge in [-0.25, -0.2) is 8.78 Å². The van der Waals surface area contributed by atoms with E-state index in [4.69, 9.17) is 26.1 Å². The van der Waals surface area contributed by atoms with Gasteiger partial charge in [-0.2, -0.15) is 15.1 Å². The molecule has 45 heavy (non-hydrogen) atoms. The second-order valence-electron chi connectivity index (χ2n) is 13.1. The monoisotopic (exact) mass is 639 g/mol. The van der Waals surface area contributed by atoms with Crippen molar-refractivity contribution >= 4 is 39.2 Å². The highest BCUT2D eigenvalue weighted by Gasteiger charge is 2.49. The molecule has 4 aromatic rings. The maximum absolute atomic E-state index is 17.0. The van der Waals surface area contributed by atoms with Crippen LogP contribution in [-0.2, 0) is 11.2 Å². The number of rotatable bonds is 3. The highest BCUT2D eigenvalue weighted by atomic mass is 35.5. The third-order valence-corrected chi connectivity index (χ3v) is 10.4. The van der Waals surface area contributed by atoms with Crippen molar-refractivity contribution in [3.63, 3.8) is 0 Å². The number of nitrogens with zero attached hydrogens (tertiary/aromatic N) is 6. The Morgan fingerprint density at radius 2 is 2.07 bits per heavy atom. The lowest BCUT2D eigenvalue weighted by Gasteiger charge is -2.37. The summed E-state index contributed by atoms with van der Waals surface area (Å²) in [6, 6.07) is 1.84. The Balaban J connectivity index is 1.29. The number of pyridine rings is 1. The van der Waals surface area contributed by atoms with Crippen LogP contribution in [0.5, 0.6) is 6.01 Å². The molecule has 0 unspecified atom stereocenters. The Morgan fingerprint density at radius 1 is 1.16 bits per heavy atom. The van der Waals surface area contributed by atoms with Crippen molar-refractivity contribution in [1.82, 2.24) is 30.0 Å². The molecule has 1 aromatic carbocycles. The maximum atomic E-state index is 17.0. The third-order valence-electron chi connectivity index (χ3n) is 10.0. The van der Waals surface area contributed by atoms with Crippen molar-refractivity contribution in [3.8, 4) is 17.3 Å². The van der Waals surface area contributed by atoms with Gasteiger partial charge in [0.2, 0.25) is 0 Å². The number of benzene rings is 1. The fourth-order valence-corrected chi connectivity index (χ4v) is 8.29. The molecule has 3 fully saturated rings. The van der Waals surface area contributed by atoms with E-state index in [1.807, 2.05) is 11.0 Å². The molecular formula is C32H36ClF2N7O3. The van der Waals surface area contributed by atoms with Crippen LogP contribution < -0.4 is 9.64 Å². The van der Waals surface area contributed by atoms with Crippen LogP contribution in [0.1, 0.15) is 44.1 Å². The summed E-state index contributed by atoms with van der Waals surface area (Å²) in [7, 11) is 0. The number of anilines is 1. The maximum Gasteiger partial charge on any atom is 0.319 e. The van der Waals surface area contributed by atoms with E-state index in [1.54, 1.807) is 12.4 Å². The number of aliphatic hydroxyl groups excluding tert-OH is 1. The Labute approximate surface area is 264 Å². The van der Waals surface area contributed by atoms with Crippen LogP contribution in [0.15, 0.2) is 18.5 Å². The SMILES string of the molecule is O[C@@H]1C[C@@H]2COCCCCc3c(Cl)cc4[nH]ncc4c3-c3ncc4c(nc(OC[C@@]56CCCN5C[C@H](F)C6)nc4c3F)N(C1)C2. The number of aromatic nitrogens is 5.